The number of nitrogens with zero attached hydrogens (tertiary/aromatic N) is 1. The van der Waals surface area contributed by atoms with Crippen LogP contribution in [0.5, 0.6) is 5.75 Å². The summed E-state index contributed by atoms with van der Waals surface area (Å²) >= 11 is 0. The van der Waals surface area contributed by atoms with Gasteiger partial charge in [0.1, 0.15) is 5.75 Å². The number of hydrogen-bond donors (Lipinski definition) is 2. The first-order chi connectivity index (χ1) is 7.83. The fraction of sp³-hybridized carbons (Fsp3) is 0.583. The standard InChI is InChI=1S/C12H18N2O2.ClH/c1-16-11-5-7-13-8-9(11)12(15)10-4-2-3-6-14-10;/h5,7-8,10,12,14-15H,2-4,6H2,1H3;1H/t10-,12-;/m1./s1. The van der Waals surface area contributed by atoms with Crippen LogP contribution in [0.25, 0.3) is 0 Å². The Morgan fingerprint density at radius 1 is 1.53 bits per heavy atom. The van der Waals surface area contributed by atoms with E-state index in [2.05, 4.69) is 10.3 Å². The molecule has 96 valence electrons. The van der Waals surface area contributed by atoms with Crippen LogP contribution in [-0.4, -0.2) is 29.8 Å². The molecule has 0 saturated carbocycles. The van der Waals surface area contributed by atoms with Gasteiger partial charge in [-0.3, -0.25) is 4.98 Å². The molecule has 17 heavy (non-hydrogen) atoms. The summed E-state index contributed by atoms with van der Waals surface area (Å²) in [6, 6.07) is 1.90. The van der Waals surface area contributed by atoms with Crippen LogP contribution >= 0.6 is 12.4 Å². The maximum absolute atomic E-state index is 10.3. The van der Waals surface area contributed by atoms with Crippen LogP contribution in [0.4, 0.5) is 0 Å². The van der Waals surface area contributed by atoms with Crippen LogP contribution in [0.15, 0.2) is 18.5 Å². The van der Waals surface area contributed by atoms with E-state index in [9.17, 15) is 5.11 Å². The number of halogens is 1. The van der Waals surface area contributed by atoms with Crippen molar-refractivity contribution in [2.24, 2.45) is 0 Å². The zero-order valence-corrected chi connectivity index (χ0v) is 10.7. The molecule has 2 rings (SSSR count). The molecule has 1 fully saturated rings. The average Bonchev–Trinajstić information content (AvgIpc) is 2.39. The van der Waals surface area contributed by atoms with Crippen molar-refractivity contribution in [2.75, 3.05) is 13.7 Å². The van der Waals surface area contributed by atoms with Gasteiger partial charge in [0.25, 0.3) is 0 Å². The highest BCUT2D eigenvalue weighted by molar-refractivity contribution is 5.85. The van der Waals surface area contributed by atoms with Crippen molar-refractivity contribution in [1.29, 1.82) is 0 Å². The van der Waals surface area contributed by atoms with E-state index in [1.165, 1.54) is 6.42 Å². The van der Waals surface area contributed by atoms with Gasteiger partial charge in [0.2, 0.25) is 0 Å². The van der Waals surface area contributed by atoms with Crippen molar-refractivity contribution in [3.05, 3.63) is 24.0 Å². The number of rotatable bonds is 3. The van der Waals surface area contributed by atoms with E-state index in [0.717, 1.165) is 24.9 Å². The highest BCUT2D eigenvalue weighted by Gasteiger charge is 2.25. The summed E-state index contributed by atoms with van der Waals surface area (Å²) in [6.45, 7) is 0.976. The van der Waals surface area contributed by atoms with E-state index in [-0.39, 0.29) is 18.4 Å². The molecule has 0 bridgehead atoms. The Balaban J connectivity index is 0.00000144. The quantitative estimate of drug-likeness (QED) is 0.866. The molecule has 0 spiro atoms. The minimum atomic E-state index is -0.538. The first kappa shape index (κ1) is 14.2. The highest BCUT2D eigenvalue weighted by atomic mass is 35.5. The molecule has 5 heteroatoms. The Hall–Kier alpha value is -0.840. The molecule has 2 N–H and O–H groups in total. The van der Waals surface area contributed by atoms with E-state index >= 15 is 0 Å². The van der Waals surface area contributed by atoms with Crippen molar-refractivity contribution >= 4 is 12.4 Å². The van der Waals surface area contributed by atoms with E-state index in [1.807, 2.05) is 0 Å². The van der Waals surface area contributed by atoms with Crippen LogP contribution in [0.1, 0.15) is 30.9 Å². The Morgan fingerprint density at radius 2 is 2.35 bits per heavy atom. The van der Waals surface area contributed by atoms with Gasteiger partial charge in [0, 0.05) is 24.0 Å². The molecule has 4 nitrogen and oxygen atoms in total. The lowest BCUT2D eigenvalue weighted by Gasteiger charge is -2.28. The average molecular weight is 259 g/mol. The fourth-order valence-corrected chi connectivity index (χ4v) is 2.17. The summed E-state index contributed by atoms with van der Waals surface area (Å²) in [5.41, 5.74) is 0.768. The number of nitrogens with one attached hydrogen (secondary N) is 1. The van der Waals surface area contributed by atoms with Gasteiger partial charge in [-0.05, 0) is 25.5 Å². The van der Waals surface area contributed by atoms with Crippen LogP contribution in [-0.2, 0) is 0 Å². The van der Waals surface area contributed by atoms with E-state index in [0.29, 0.717) is 5.75 Å². The first-order valence-corrected chi connectivity index (χ1v) is 5.72. The molecule has 2 atom stereocenters. The maximum atomic E-state index is 10.3. The summed E-state index contributed by atoms with van der Waals surface area (Å²) in [4.78, 5) is 4.04. The lowest BCUT2D eigenvalue weighted by atomic mass is 9.95. The molecular formula is C12H19ClN2O2. The van der Waals surface area contributed by atoms with Crippen LogP contribution in [0, 0.1) is 0 Å². The molecular weight excluding hydrogens is 240 g/mol. The van der Waals surface area contributed by atoms with Gasteiger partial charge in [-0.25, -0.2) is 0 Å². The lowest BCUT2D eigenvalue weighted by Crippen LogP contribution is -2.38. The second-order valence-electron chi connectivity index (χ2n) is 4.12. The smallest absolute Gasteiger partial charge is 0.127 e. The number of piperidine rings is 1. The Morgan fingerprint density at radius 3 is 3.00 bits per heavy atom. The molecule has 1 saturated heterocycles. The number of ether oxygens (including phenoxy) is 1. The van der Waals surface area contributed by atoms with Gasteiger partial charge in [-0.1, -0.05) is 6.42 Å². The van der Waals surface area contributed by atoms with Gasteiger partial charge >= 0.3 is 0 Å². The second-order valence-corrected chi connectivity index (χ2v) is 4.12. The van der Waals surface area contributed by atoms with Crippen LogP contribution in [0.2, 0.25) is 0 Å². The van der Waals surface area contributed by atoms with E-state index < -0.39 is 6.10 Å². The Bertz CT molecular complexity index is 343. The molecule has 0 radical (unpaired) electrons. The summed E-state index contributed by atoms with van der Waals surface area (Å²) in [5, 5.41) is 13.6. The number of pyridine rings is 1. The maximum Gasteiger partial charge on any atom is 0.127 e. The minimum Gasteiger partial charge on any atom is -0.496 e. The Kier molecular flexibility index (Phi) is 5.68. The first-order valence-electron chi connectivity index (χ1n) is 5.72. The van der Waals surface area contributed by atoms with Crippen LogP contribution in [0.3, 0.4) is 0 Å². The predicted octanol–water partition coefficient (Wildman–Crippen LogP) is 1.69. The van der Waals surface area contributed by atoms with E-state index in [4.69, 9.17) is 4.74 Å². The zero-order chi connectivity index (χ0) is 11.4. The molecule has 1 aromatic heterocycles. The number of aliphatic hydroxyl groups is 1. The van der Waals surface area contributed by atoms with Crippen molar-refractivity contribution in [1.82, 2.24) is 10.3 Å². The largest absolute Gasteiger partial charge is 0.496 e. The third-order valence-electron chi connectivity index (χ3n) is 3.08. The third kappa shape index (κ3) is 3.31. The topological polar surface area (TPSA) is 54.4 Å². The zero-order valence-electron chi connectivity index (χ0n) is 9.93. The van der Waals surface area contributed by atoms with Gasteiger partial charge in [-0.2, -0.15) is 0 Å². The number of methoxy groups -OCH3 is 1. The fourth-order valence-electron chi connectivity index (χ4n) is 2.17. The number of aromatic nitrogens is 1. The summed E-state index contributed by atoms with van der Waals surface area (Å²) in [7, 11) is 1.61. The van der Waals surface area contributed by atoms with Crippen molar-refractivity contribution in [3.63, 3.8) is 0 Å². The normalized spacial score (nSPS) is 21.4. The molecule has 2 heterocycles. The molecule has 0 unspecified atom stereocenters. The molecule has 0 aromatic carbocycles. The van der Waals surface area contributed by atoms with E-state index in [1.54, 1.807) is 25.6 Å². The second kappa shape index (κ2) is 6.79. The Labute approximate surface area is 108 Å². The van der Waals surface area contributed by atoms with Crippen molar-refractivity contribution in [2.45, 2.75) is 31.4 Å². The molecule has 1 aromatic rings. The van der Waals surface area contributed by atoms with Crippen molar-refractivity contribution in [3.8, 4) is 5.75 Å². The highest BCUT2D eigenvalue weighted by Crippen LogP contribution is 2.28. The predicted molar refractivity (Wildman–Crippen MR) is 68.6 cm³/mol. The molecule has 1 aliphatic rings. The summed E-state index contributed by atoms with van der Waals surface area (Å²) in [6.07, 6.45) is 6.16. The van der Waals surface area contributed by atoms with Gasteiger partial charge in [0.15, 0.2) is 0 Å². The van der Waals surface area contributed by atoms with Gasteiger partial charge < -0.3 is 15.2 Å². The van der Waals surface area contributed by atoms with Crippen LogP contribution < -0.4 is 10.1 Å². The van der Waals surface area contributed by atoms with Crippen molar-refractivity contribution < 1.29 is 9.84 Å². The molecule has 0 amide bonds. The monoisotopic (exact) mass is 258 g/mol. The van der Waals surface area contributed by atoms with Gasteiger partial charge in [-0.15, -0.1) is 12.4 Å². The minimum absolute atomic E-state index is 0. The SMILES string of the molecule is COc1ccncc1[C@@H](O)[C@H]1CCCCN1.Cl. The lowest BCUT2D eigenvalue weighted by molar-refractivity contribution is 0.110. The number of hydrogen-bond acceptors (Lipinski definition) is 4. The molecule has 0 aliphatic carbocycles. The van der Waals surface area contributed by atoms with Gasteiger partial charge in [0.05, 0.1) is 13.2 Å². The number of aliphatic hydroxyl groups excluding tert-OH is 1. The summed E-state index contributed by atoms with van der Waals surface area (Å²) < 4.78 is 5.23. The summed E-state index contributed by atoms with van der Waals surface area (Å²) in [5.74, 6) is 0.704. The third-order valence-corrected chi connectivity index (χ3v) is 3.08. The molecule has 1 aliphatic heterocycles.